The molecule has 4 heteroatoms. The number of morpholine rings is 1. The van der Waals surface area contributed by atoms with Crippen LogP contribution in [0, 0.1) is 0 Å². The summed E-state index contributed by atoms with van der Waals surface area (Å²) < 4.78 is 11.1. The molecule has 18 heavy (non-hydrogen) atoms. The molecule has 2 aliphatic rings. The van der Waals surface area contributed by atoms with Crippen LogP contribution in [-0.2, 0) is 10.2 Å². The molecule has 0 amide bonds. The standard InChI is InChI=1S/C14H20N2O2/c1-14(2)11-4-3-10(9-12(11)18-13(14)15)16-5-7-17-8-6-16/h3-4,9,13H,5-8,15H2,1-2H3. The molecule has 1 aromatic rings. The minimum atomic E-state index is -0.257. The molecule has 98 valence electrons. The summed E-state index contributed by atoms with van der Waals surface area (Å²) in [6.07, 6.45) is -0.257. The van der Waals surface area contributed by atoms with Gasteiger partial charge in [0.05, 0.1) is 13.2 Å². The predicted molar refractivity (Wildman–Crippen MR) is 71.1 cm³/mol. The Morgan fingerprint density at radius 1 is 1.28 bits per heavy atom. The third-order valence-electron chi connectivity index (χ3n) is 4.00. The van der Waals surface area contributed by atoms with Crippen molar-refractivity contribution in [2.75, 3.05) is 31.2 Å². The highest BCUT2D eigenvalue weighted by atomic mass is 16.5. The van der Waals surface area contributed by atoms with Crippen molar-refractivity contribution < 1.29 is 9.47 Å². The van der Waals surface area contributed by atoms with Gasteiger partial charge < -0.3 is 14.4 Å². The van der Waals surface area contributed by atoms with Gasteiger partial charge in [0.15, 0.2) is 6.23 Å². The minimum absolute atomic E-state index is 0.112. The molecular formula is C14H20N2O2. The first kappa shape index (κ1) is 11.8. The van der Waals surface area contributed by atoms with Crippen molar-refractivity contribution >= 4 is 5.69 Å². The van der Waals surface area contributed by atoms with Gasteiger partial charge in [0.25, 0.3) is 0 Å². The van der Waals surface area contributed by atoms with Crippen molar-refractivity contribution in [2.24, 2.45) is 5.73 Å². The Bertz CT molecular complexity index is 453. The first-order valence-corrected chi connectivity index (χ1v) is 6.48. The van der Waals surface area contributed by atoms with E-state index in [2.05, 4.69) is 36.9 Å². The molecule has 1 unspecified atom stereocenters. The highest BCUT2D eigenvalue weighted by molar-refractivity contribution is 5.57. The van der Waals surface area contributed by atoms with Gasteiger partial charge in [-0.1, -0.05) is 19.9 Å². The summed E-state index contributed by atoms with van der Waals surface area (Å²) in [5.41, 5.74) is 8.32. The van der Waals surface area contributed by atoms with Crippen LogP contribution >= 0.6 is 0 Å². The lowest BCUT2D eigenvalue weighted by Gasteiger charge is -2.29. The molecule has 1 atom stereocenters. The summed E-state index contributed by atoms with van der Waals surface area (Å²) >= 11 is 0. The first-order chi connectivity index (χ1) is 8.59. The van der Waals surface area contributed by atoms with Crippen LogP contribution in [0.4, 0.5) is 5.69 Å². The summed E-state index contributed by atoms with van der Waals surface area (Å²) in [6, 6.07) is 6.41. The van der Waals surface area contributed by atoms with E-state index in [4.69, 9.17) is 15.2 Å². The second kappa shape index (κ2) is 4.14. The molecule has 0 bridgehead atoms. The molecule has 2 N–H and O–H groups in total. The number of hydrogen-bond donors (Lipinski definition) is 1. The lowest BCUT2D eigenvalue weighted by Crippen LogP contribution is -2.39. The fraction of sp³-hybridized carbons (Fsp3) is 0.571. The van der Waals surface area contributed by atoms with Crippen molar-refractivity contribution in [3.05, 3.63) is 23.8 Å². The smallest absolute Gasteiger partial charge is 0.157 e. The molecule has 2 aliphatic heterocycles. The molecule has 1 saturated heterocycles. The molecule has 0 aliphatic carbocycles. The van der Waals surface area contributed by atoms with Crippen molar-refractivity contribution in [1.82, 2.24) is 0 Å². The molecule has 1 fully saturated rings. The molecular weight excluding hydrogens is 228 g/mol. The monoisotopic (exact) mass is 248 g/mol. The van der Waals surface area contributed by atoms with Crippen LogP contribution in [0.1, 0.15) is 19.4 Å². The fourth-order valence-corrected chi connectivity index (χ4v) is 2.60. The van der Waals surface area contributed by atoms with E-state index in [-0.39, 0.29) is 11.6 Å². The predicted octanol–water partition coefficient (Wildman–Crippen LogP) is 1.48. The molecule has 0 saturated carbocycles. The summed E-state index contributed by atoms with van der Waals surface area (Å²) in [4.78, 5) is 2.32. The first-order valence-electron chi connectivity index (χ1n) is 6.48. The Morgan fingerprint density at radius 2 is 2.00 bits per heavy atom. The number of ether oxygens (including phenoxy) is 2. The van der Waals surface area contributed by atoms with E-state index in [0.29, 0.717) is 0 Å². The average Bonchev–Trinajstić information content (AvgIpc) is 2.61. The zero-order valence-corrected chi connectivity index (χ0v) is 11.0. The molecule has 0 radical (unpaired) electrons. The van der Waals surface area contributed by atoms with Crippen LogP contribution in [0.25, 0.3) is 0 Å². The van der Waals surface area contributed by atoms with E-state index in [1.54, 1.807) is 0 Å². The van der Waals surface area contributed by atoms with Gasteiger partial charge in [0.2, 0.25) is 0 Å². The van der Waals surface area contributed by atoms with Gasteiger partial charge >= 0.3 is 0 Å². The van der Waals surface area contributed by atoms with E-state index in [1.165, 1.54) is 11.3 Å². The summed E-state index contributed by atoms with van der Waals surface area (Å²) in [7, 11) is 0. The SMILES string of the molecule is CC1(C)c2ccc(N3CCOCC3)cc2OC1N. The Morgan fingerprint density at radius 3 is 2.72 bits per heavy atom. The van der Waals surface area contributed by atoms with E-state index in [0.717, 1.165) is 32.1 Å². The number of rotatable bonds is 1. The third-order valence-corrected chi connectivity index (χ3v) is 4.00. The van der Waals surface area contributed by atoms with Crippen LogP contribution in [-0.4, -0.2) is 32.5 Å². The highest BCUT2D eigenvalue weighted by Crippen LogP contribution is 2.42. The molecule has 3 rings (SSSR count). The Hall–Kier alpha value is -1.26. The number of fused-ring (bicyclic) bond motifs is 1. The molecule has 0 spiro atoms. The van der Waals surface area contributed by atoms with Gasteiger partial charge in [-0.2, -0.15) is 0 Å². The Labute approximate surface area is 108 Å². The second-order valence-electron chi connectivity index (χ2n) is 5.54. The van der Waals surface area contributed by atoms with Gasteiger partial charge in [0, 0.05) is 35.8 Å². The number of hydrogen-bond acceptors (Lipinski definition) is 4. The number of anilines is 1. The summed E-state index contributed by atoms with van der Waals surface area (Å²) in [5, 5.41) is 0. The largest absolute Gasteiger partial charge is 0.474 e. The summed E-state index contributed by atoms with van der Waals surface area (Å²) in [6.45, 7) is 7.71. The molecule has 4 nitrogen and oxygen atoms in total. The van der Waals surface area contributed by atoms with Crippen molar-refractivity contribution in [3.8, 4) is 5.75 Å². The van der Waals surface area contributed by atoms with E-state index in [9.17, 15) is 0 Å². The van der Waals surface area contributed by atoms with Gasteiger partial charge in [-0.15, -0.1) is 0 Å². The number of benzene rings is 1. The maximum Gasteiger partial charge on any atom is 0.157 e. The van der Waals surface area contributed by atoms with Crippen LogP contribution in [0.2, 0.25) is 0 Å². The zero-order valence-electron chi connectivity index (χ0n) is 11.0. The van der Waals surface area contributed by atoms with Crippen molar-refractivity contribution in [2.45, 2.75) is 25.5 Å². The third kappa shape index (κ3) is 1.76. The van der Waals surface area contributed by atoms with Crippen LogP contribution in [0.5, 0.6) is 5.75 Å². The average molecular weight is 248 g/mol. The van der Waals surface area contributed by atoms with Gasteiger partial charge in [-0.05, 0) is 6.07 Å². The maximum absolute atomic E-state index is 6.04. The second-order valence-corrected chi connectivity index (χ2v) is 5.54. The van der Waals surface area contributed by atoms with Gasteiger partial charge in [-0.25, -0.2) is 0 Å². The molecule has 1 aromatic carbocycles. The summed E-state index contributed by atoms with van der Waals surface area (Å²) in [5.74, 6) is 0.927. The number of nitrogens with zero attached hydrogens (tertiary/aromatic N) is 1. The molecule has 0 aromatic heterocycles. The van der Waals surface area contributed by atoms with Gasteiger partial charge in [-0.3, -0.25) is 5.73 Å². The lowest BCUT2D eigenvalue weighted by atomic mass is 9.84. The van der Waals surface area contributed by atoms with Crippen molar-refractivity contribution in [3.63, 3.8) is 0 Å². The lowest BCUT2D eigenvalue weighted by molar-refractivity contribution is 0.122. The van der Waals surface area contributed by atoms with Crippen LogP contribution in [0.3, 0.4) is 0 Å². The van der Waals surface area contributed by atoms with Crippen LogP contribution < -0.4 is 15.4 Å². The maximum atomic E-state index is 6.04. The quantitative estimate of drug-likeness (QED) is 0.817. The van der Waals surface area contributed by atoms with Gasteiger partial charge in [0.1, 0.15) is 5.75 Å². The minimum Gasteiger partial charge on any atom is -0.474 e. The van der Waals surface area contributed by atoms with E-state index < -0.39 is 0 Å². The Balaban J connectivity index is 1.91. The Kier molecular flexibility index (Phi) is 2.72. The fourth-order valence-electron chi connectivity index (χ4n) is 2.60. The number of nitrogens with two attached hydrogens (primary N) is 1. The highest BCUT2D eigenvalue weighted by Gasteiger charge is 2.39. The topological polar surface area (TPSA) is 47.7 Å². The van der Waals surface area contributed by atoms with Crippen LogP contribution in [0.15, 0.2) is 18.2 Å². The van der Waals surface area contributed by atoms with E-state index >= 15 is 0 Å². The zero-order chi connectivity index (χ0) is 12.8. The van der Waals surface area contributed by atoms with Crippen molar-refractivity contribution in [1.29, 1.82) is 0 Å². The van der Waals surface area contributed by atoms with E-state index in [1.807, 2.05) is 0 Å². The normalized spacial score (nSPS) is 25.7. The molecule has 2 heterocycles.